The summed E-state index contributed by atoms with van der Waals surface area (Å²) in [7, 11) is 0. The van der Waals surface area contributed by atoms with Crippen molar-refractivity contribution in [2.75, 3.05) is 0 Å². The minimum atomic E-state index is -5.74. The first-order chi connectivity index (χ1) is 38.8. The molecular formula is C42H22Ce2F36N4O6. The quantitative estimate of drug-likeness (QED) is 0.104. The second-order valence-electron chi connectivity index (χ2n) is 15.2. The summed E-state index contributed by atoms with van der Waals surface area (Å²) in [5.74, 6) is 0. The van der Waals surface area contributed by atoms with Gasteiger partial charge in [0.2, 0.25) is 0 Å². The van der Waals surface area contributed by atoms with Crippen molar-refractivity contribution in [2.24, 2.45) is 0 Å². The number of rotatable bonds is 0. The van der Waals surface area contributed by atoms with E-state index in [2.05, 4.69) is 68.5 Å². The van der Waals surface area contributed by atoms with Crippen molar-refractivity contribution in [2.45, 2.75) is 111 Å². The fourth-order valence-corrected chi connectivity index (χ4v) is 4.47. The molecule has 0 aliphatic rings. The molecule has 0 N–H and O–H groups in total. The molecular weight excluding hydrogens is 1620 g/mol. The van der Waals surface area contributed by atoms with Crippen molar-refractivity contribution in [1.29, 1.82) is 0 Å². The van der Waals surface area contributed by atoms with Gasteiger partial charge in [-0.3, -0.25) is 19.9 Å². The molecule has 0 amide bonds. The van der Waals surface area contributed by atoms with Crippen LogP contribution >= 0.6 is 0 Å². The molecule has 0 fully saturated rings. The van der Waals surface area contributed by atoms with E-state index in [0.717, 1.165) is 43.6 Å². The molecule has 0 aliphatic carbocycles. The van der Waals surface area contributed by atoms with Gasteiger partial charge in [0.1, 0.15) is 0 Å². The minimum absolute atomic E-state index is 0. The standard InChI is InChI=1S/2C12H8N2.6C3HF6O.2Ce/c2*1-3-9-5-6-10-4-2-8-14-12(10)11(9)13-7-1;6*4-2(5,6)1(10)3(7,8)9;;/h2*1-8H;6*1H;;/q;;6*-1;2*+3. The number of benzene rings is 2. The van der Waals surface area contributed by atoms with Gasteiger partial charge in [-0.15, -0.1) is 0 Å². The Morgan fingerprint density at radius 2 is 0.300 bits per heavy atom. The normalized spacial score (nSPS) is 13.0. The van der Waals surface area contributed by atoms with E-state index >= 15 is 0 Å². The Morgan fingerprint density at radius 1 is 0.200 bits per heavy atom. The van der Waals surface area contributed by atoms with Gasteiger partial charge in [0, 0.05) is 46.3 Å². The number of pyridine rings is 4. The van der Waals surface area contributed by atoms with E-state index in [4.69, 9.17) is 0 Å². The van der Waals surface area contributed by atoms with Crippen LogP contribution in [0.3, 0.4) is 0 Å². The first-order valence-corrected chi connectivity index (χ1v) is 20.8. The fourth-order valence-electron chi connectivity index (χ4n) is 4.47. The van der Waals surface area contributed by atoms with E-state index < -0.39 is 111 Å². The zero-order chi connectivity index (χ0) is 70.2. The maximum Gasteiger partial charge on any atom is 3.00 e. The van der Waals surface area contributed by atoms with Gasteiger partial charge in [0.15, 0.2) is 0 Å². The summed E-state index contributed by atoms with van der Waals surface area (Å²) in [5.41, 5.74) is 3.91. The van der Waals surface area contributed by atoms with Crippen LogP contribution in [-0.2, 0) is 0 Å². The van der Waals surface area contributed by atoms with Gasteiger partial charge in [-0.25, -0.2) is 0 Å². The van der Waals surface area contributed by atoms with E-state index in [0.29, 0.717) is 0 Å². The van der Waals surface area contributed by atoms with Crippen LogP contribution in [0.2, 0.25) is 0 Å². The van der Waals surface area contributed by atoms with Gasteiger partial charge in [-0.1, -0.05) is 48.5 Å². The van der Waals surface area contributed by atoms with Gasteiger partial charge in [0.05, 0.1) is 58.7 Å². The Labute approximate surface area is 540 Å². The average Bonchev–Trinajstić information content (AvgIpc) is 0.924. The zero-order valence-corrected chi connectivity index (χ0v) is 47.8. The molecule has 0 saturated heterocycles. The van der Waals surface area contributed by atoms with E-state index in [1.165, 1.54) is 0 Å². The van der Waals surface area contributed by atoms with Crippen LogP contribution < -0.4 is 30.6 Å². The number of hydrogen-bond donors (Lipinski definition) is 0. The summed E-state index contributed by atoms with van der Waals surface area (Å²) in [4.78, 5) is 17.4. The van der Waals surface area contributed by atoms with Gasteiger partial charge in [0.25, 0.3) is 0 Å². The van der Waals surface area contributed by atoms with E-state index in [1.54, 1.807) is 24.8 Å². The molecule has 0 bridgehead atoms. The van der Waals surface area contributed by atoms with Crippen LogP contribution in [0, 0.1) is 83.5 Å². The number of halogens is 36. The number of alkyl halides is 36. The summed E-state index contributed by atoms with van der Waals surface area (Å²) < 4.78 is 393. The Kier molecular flexibility index (Phi) is 36.5. The summed E-state index contributed by atoms with van der Waals surface area (Å²) in [6.07, 6.45) is -88.6. The van der Waals surface area contributed by atoms with E-state index in [1.807, 2.05) is 24.3 Å². The van der Waals surface area contributed by atoms with Gasteiger partial charge >= 0.3 is 158 Å². The van der Waals surface area contributed by atoms with Crippen molar-refractivity contribution >= 4 is 43.6 Å². The molecule has 4 heterocycles. The van der Waals surface area contributed by atoms with Gasteiger partial charge in [-0.05, 0) is 24.3 Å². The Hall–Kier alpha value is -3.93. The van der Waals surface area contributed by atoms with Gasteiger partial charge < -0.3 is 30.6 Å². The van der Waals surface area contributed by atoms with Crippen LogP contribution in [0.4, 0.5) is 158 Å². The predicted octanol–water partition coefficient (Wildman–Crippen LogP) is 10.6. The molecule has 506 valence electrons. The fraction of sp³-hybridized carbons (Fsp3) is 0.429. The van der Waals surface area contributed by atoms with E-state index in [9.17, 15) is 189 Å². The second kappa shape index (κ2) is 35.5. The molecule has 0 atom stereocenters. The minimum Gasteiger partial charge on any atom is -0.839 e. The third-order valence-corrected chi connectivity index (χ3v) is 8.26. The third-order valence-electron chi connectivity index (χ3n) is 8.26. The molecule has 6 rings (SSSR count). The maximum atomic E-state index is 10.9. The molecule has 48 heteroatoms. The van der Waals surface area contributed by atoms with E-state index in [-0.39, 0.29) is 83.5 Å². The number of nitrogens with zero attached hydrogens (tertiary/aromatic N) is 4. The smallest absolute Gasteiger partial charge is 0.839 e. The second-order valence-corrected chi connectivity index (χ2v) is 15.2. The van der Waals surface area contributed by atoms with Crippen molar-refractivity contribution < 1.29 is 272 Å². The number of hydrogen-bond acceptors (Lipinski definition) is 10. The van der Waals surface area contributed by atoms with Crippen LogP contribution in [0.1, 0.15) is 0 Å². The summed E-state index contributed by atoms with van der Waals surface area (Å²) in [5, 5.41) is 60.5. The predicted molar refractivity (Wildman–Crippen MR) is 209 cm³/mol. The molecule has 0 aliphatic heterocycles. The first kappa shape index (κ1) is 92.5. The molecule has 0 unspecified atom stereocenters. The molecule has 6 aromatic rings. The topological polar surface area (TPSA) is 190 Å². The molecule has 90 heavy (non-hydrogen) atoms. The Bertz CT molecular complexity index is 2470. The molecule has 2 radical (unpaired) electrons. The maximum absolute atomic E-state index is 10.9. The molecule has 4 aromatic heterocycles. The Balaban J connectivity index is -0.000000471. The summed E-state index contributed by atoms with van der Waals surface area (Å²) in [6.45, 7) is 0. The SMILES string of the molecule is [Ce+3].[Ce+3].[O-]C(C(F)(F)F)C(F)(F)F.[O-]C(C(F)(F)F)C(F)(F)F.[O-]C(C(F)(F)F)C(F)(F)F.[O-]C(C(F)(F)F)C(F)(F)F.[O-]C(C(F)(F)F)C(F)(F)F.[O-]C(C(F)(F)F)C(F)(F)F.c1cnc2c(c1)ccc1cccnc12.c1cnc2c(c1)ccc1cccnc12. The van der Waals surface area contributed by atoms with Crippen LogP contribution in [0.25, 0.3) is 43.6 Å². The third kappa shape index (κ3) is 34.3. The van der Waals surface area contributed by atoms with Crippen molar-refractivity contribution in [3.63, 3.8) is 0 Å². The zero-order valence-electron chi connectivity index (χ0n) is 41.5. The Morgan fingerprint density at radius 3 is 0.378 bits per heavy atom. The number of aromatic nitrogens is 4. The monoisotopic (exact) mass is 1640 g/mol. The van der Waals surface area contributed by atoms with Crippen LogP contribution in [0.5, 0.6) is 0 Å². The summed E-state index contributed by atoms with van der Waals surface area (Å²) in [6, 6.07) is 24.3. The van der Waals surface area contributed by atoms with Crippen molar-refractivity contribution in [1.82, 2.24) is 19.9 Å². The molecule has 10 nitrogen and oxygen atoms in total. The van der Waals surface area contributed by atoms with Crippen molar-refractivity contribution in [3.8, 4) is 0 Å². The summed E-state index contributed by atoms with van der Waals surface area (Å²) >= 11 is 0. The molecule has 0 spiro atoms. The van der Waals surface area contributed by atoms with Crippen LogP contribution in [0.15, 0.2) is 97.6 Å². The van der Waals surface area contributed by atoms with Gasteiger partial charge in [-0.2, -0.15) is 158 Å². The molecule has 2 aromatic carbocycles. The number of fused-ring (bicyclic) bond motifs is 6. The first-order valence-electron chi connectivity index (χ1n) is 20.8. The van der Waals surface area contributed by atoms with Crippen molar-refractivity contribution in [3.05, 3.63) is 97.6 Å². The average molecular weight is 1640 g/mol. The largest absolute Gasteiger partial charge is 3.00 e. The molecule has 0 saturated carbocycles. The van der Waals surface area contributed by atoms with Crippen LogP contribution in [-0.4, -0.2) is 131 Å².